The Morgan fingerprint density at radius 2 is 2.36 bits per heavy atom. The smallest absolute Gasteiger partial charge is 0.0533 e. The van der Waals surface area contributed by atoms with Gasteiger partial charge in [-0.05, 0) is 19.1 Å². The van der Waals surface area contributed by atoms with Crippen molar-refractivity contribution in [3.05, 3.63) is 18.0 Å². The van der Waals surface area contributed by atoms with Gasteiger partial charge in [0.05, 0.1) is 6.20 Å². The van der Waals surface area contributed by atoms with Crippen molar-refractivity contribution in [2.45, 2.75) is 31.6 Å². The van der Waals surface area contributed by atoms with Gasteiger partial charge in [-0.1, -0.05) is 6.92 Å². The fourth-order valence-corrected chi connectivity index (χ4v) is 2.49. The molecule has 0 aliphatic carbocycles. The molecule has 0 aromatic carbocycles. The van der Waals surface area contributed by atoms with E-state index in [1.807, 2.05) is 29.7 Å². The van der Waals surface area contributed by atoms with E-state index >= 15 is 0 Å². The topological polar surface area (TPSA) is 43.8 Å². The number of nitrogens with two attached hydrogens (primary N) is 1. The Hall–Kier alpha value is -0.480. The molecule has 1 heterocycles. The van der Waals surface area contributed by atoms with Crippen LogP contribution < -0.4 is 5.73 Å². The van der Waals surface area contributed by atoms with Gasteiger partial charge in [-0.25, -0.2) is 0 Å². The molecule has 4 heteroatoms. The van der Waals surface area contributed by atoms with Crippen LogP contribution in [0.3, 0.4) is 0 Å². The van der Waals surface area contributed by atoms with E-state index in [2.05, 4.69) is 25.1 Å². The molecule has 0 spiro atoms. The second-order valence-corrected chi connectivity index (χ2v) is 4.85. The SMILES string of the molecule is CCCSC(c1cnn(C)c1)C(C)N. The Kier molecular flexibility index (Phi) is 4.48. The van der Waals surface area contributed by atoms with Gasteiger partial charge in [0.1, 0.15) is 0 Å². The van der Waals surface area contributed by atoms with E-state index in [0.29, 0.717) is 5.25 Å². The average molecular weight is 213 g/mol. The minimum Gasteiger partial charge on any atom is -0.327 e. The fourth-order valence-electron chi connectivity index (χ4n) is 1.38. The summed E-state index contributed by atoms with van der Waals surface area (Å²) in [6, 6.07) is 0.177. The van der Waals surface area contributed by atoms with Gasteiger partial charge in [0.25, 0.3) is 0 Å². The number of aromatic nitrogens is 2. The van der Waals surface area contributed by atoms with E-state index in [9.17, 15) is 0 Å². The molecule has 0 radical (unpaired) electrons. The highest BCUT2D eigenvalue weighted by Gasteiger charge is 2.17. The first-order valence-corrected chi connectivity index (χ1v) is 6.05. The Bertz CT molecular complexity index is 270. The van der Waals surface area contributed by atoms with Crippen LogP contribution in [0.1, 0.15) is 31.1 Å². The van der Waals surface area contributed by atoms with Crippen molar-refractivity contribution in [2.75, 3.05) is 5.75 Å². The molecule has 2 atom stereocenters. The van der Waals surface area contributed by atoms with Crippen molar-refractivity contribution in [3.63, 3.8) is 0 Å². The van der Waals surface area contributed by atoms with Crippen LogP contribution in [-0.2, 0) is 7.05 Å². The maximum atomic E-state index is 5.96. The maximum Gasteiger partial charge on any atom is 0.0533 e. The number of thioether (sulfide) groups is 1. The zero-order valence-electron chi connectivity index (χ0n) is 9.10. The first-order chi connectivity index (χ1) is 6.65. The number of hydrogen-bond acceptors (Lipinski definition) is 3. The third kappa shape index (κ3) is 3.03. The first-order valence-electron chi connectivity index (χ1n) is 5.01. The molecule has 80 valence electrons. The molecule has 0 fully saturated rings. The van der Waals surface area contributed by atoms with E-state index in [1.165, 1.54) is 12.0 Å². The number of rotatable bonds is 5. The van der Waals surface area contributed by atoms with Crippen LogP contribution in [0.25, 0.3) is 0 Å². The summed E-state index contributed by atoms with van der Waals surface area (Å²) in [5.41, 5.74) is 7.20. The highest BCUT2D eigenvalue weighted by molar-refractivity contribution is 7.99. The number of aryl methyl sites for hydroxylation is 1. The Labute approximate surface area is 90.1 Å². The Morgan fingerprint density at radius 3 is 2.79 bits per heavy atom. The molecular formula is C10H19N3S. The van der Waals surface area contributed by atoms with Gasteiger partial charge in [0.2, 0.25) is 0 Å². The second-order valence-electron chi connectivity index (χ2n) is 3.60. The van der Waals surface area contributed by atoms with Crippen LogP contribution in [-0.4, -0.2) is 21.6 Å². The van der Waals surface area contributed by atoms with E-state index in [0.717, 1.165) is 5.75 Å². The van der Waals surface area contributed by atoms with Gasteiger partial charge in [-0.2, -0.15) is 16.9 Å². The lowest BCUT2D eigenvalue weighted by Gasteiger charge is -2.18. The zero-order chi connectivity index (χ0) is 10.6. The summed E-state index contributed by atoms with van der Waals surface area (Å²) >= 11 is 1.92. The zero-order valence-corrected chi connectivity index (χ0v) is 9.92. The Morgan fingerprint density at radius 1 is 1.64 bits per heavy atom. The summed E-state index contributed by atoms with van der Waals surface area (Å²) in [4.78, 5) is 0. The van der Waals surface area contributed by atoms with Crippen molar-refractivity contribution >= 4 is 11.8 Å². The van der Waals surface area contributed by atoms with Crippen LogP contribution in [0.5, 0.6) is 0 Å². The highest BCUT2D eigenvalue weighted by atomic mass is 32.2. The minimum atomic E-state index is 0.177. The second kappa shape index (κ2) is 5.41. The fraction of sp³-hybridized carbons (Fsp3) is 0.700. The van der Waals surface area contributed by atoms with Gasteiger partial charge in [-0.3, -0.25) is 4.68 Å². The number of hydrogen-bond donors (Lipinski definition) is 1. The Balaban J connectivity index is 2.67. The molecule has 0 amide bonds. The predicted octanol–water partition coefficient (Wildman–Crippen LogP) is 1.95. The van der Waals surface area contributed by atoms with Crippen LogP contribution in [0.4, 0.5) is 0 Å². The van der Waals surface area contributed by atoms with E-state index in [1.54, 1.807) is 0 Å². The van der Waals surface area contributed by atoms with Crippen LogP contribution in [0.2, 0.25) is 0 Å². The van der Waals surface area contributed by atoms with Crippen LogP contribution in [0, 0.1) is 0 Å². The lowest BCUT2D eigenvalue weighted by molar-refractivity contribution is 0.718. The largest absolute Gasteiger partial charge is 0.327 e. The molecule has 0 aliphatic rings. The van der Waals surface area contributed by atoms with Crippen molar-refractivity contribution in [3.8, 4) is 0 Å². The van der Waals surface area contributed by atoms with Crippen molar-refractivity contribution in [2.24, 2.45) is 12.8 Å². The molecular weight excluding hydrogens is 194 g/mol. The monoisotopic (exact) mass is 213 g/mol. The highest BCUT2D eigenvalue weighted by Crippen LogP contribution is 2.31. The summed E-state index contributed by atoms with van der Waals surface area (Å²) in [6.07, 6.45) is 5.15. The molecule has 0 saturated carbocycles. The summed E-state index contributed by atoms with van der Waals surface area (Å²) in [5, 5.41) is 4.55. The lowest BCUT2D eigenvalue weighted by atomic mass is 10.1. The molecule has 0 aliphatic heterocycles. The average Bonchev–Trinajstić information content (AvgIpc) is 2.52. The quantitative estimate of drug-likeness (QED) is 0.813. The van der Waals surface area contributed by atoms with Gasteiger partial charge >= 0.3 is 0 Å². The molecule has 0 saturated heterocycles. The first kappa shape index (κ1) is 11.6. The maximum absolute atomic E-state index is 5.96. The standard InChI is InChI=1S/C10H19N3S/c1-4-5-14-10(8(2)11)9-6-12-13(3)7-9/h6-8,10H,4-5,11H2,1-3H3. The van der Waals surface area contributed by atoms with Crippen LogP contribution in [0.15, 0.2) is 12.4 Å². The summed E-state index contributed by atoms with van der Waals surface area (Å²) in [7, 11) is 1.94. The van der Waals surface area contributed by atoms with Crippen LogP contribution >= 0.6 is 11.8 Å². The lowest BCUT2D eigenvalue weighted by Crippen LogP contribution is -2.22. The molecule has 1 aromatic heterocycles. The van der Waals surface area contributed by atoms with E-state index in [4.69, 9.17) is 5.73 Å². The van der Waals surface area contributed by atoms with Crippen molar-refractivity contribution < 1.29 is 0 Å². The normalized spacial score (nSPS) is 15.4. The summed E-state index contributed by atoms with van der Waals surface area (Å²) < 4.78 is 1.83. The summed E-state index contributed by atoms with van der Waals surface area (Å²) in [5.74, 6) is 1.15. The van der Waals surface area contributed by atoms with Gasteiger partial charge in [0.15, 0.2) is 0 Å². The molecule has 0 bridgehead atoms. The van der Waals surface area contributed by atoms with Crippen molar-refractivity contribution in [1.82, 2.24) is 9.78 Å². The predicted molar refractivity (Wildman–Crippen MR) is 62.3 cm³/mol. The van der Waals surface area contributed by atoms with Gasteiger partial charge < -0.3 is 5.73 Å². The van der Waals surface area contributed by atoms with E-state index < -0.39 is 0 Å². The molecule has 14 heavy (non-hydrogen) atoms. The molecule has 3 nitrogen and oxygen atoms in total. The van der Waals surface area contributed by atoms with Crippen molar-refractivity contribution in [1.29, 1.82) is 0 Å². The molecule has 2 N–H and O–H groups in total. The molecule has 1 aromatic rings. The summed E-state index contributed by atoms with van der Waals surface area (Å²) in [6.45, 7) is 4.24. The third-order valence-corrected chi connectivity index (χ3v) is 3.74. The third-order valence-electron chi connectivity index (χ3n) is 2.03. The minimum absolute atomic E-state index is 0.177. The molecule has 2 unspecified atom stereocenters. The van der Waals surface area contributed by atoms with E-state index in [-0.39, 0.29) is 6.04 Å². The van der Waals surface area contributed by atoms with Gasteiger partial charge in [0, 0.05) is 30.1 Å². The molecule has 1 rings (SSSR count). The number of nitrogens with zero attached hydrogens (tertiary/aromatic N) is 2. The van der Waals surface area contributed by atoms with Gasteiger partial charge in [-0.15, -0.1) is 0 Å².